The number of benzene rings is 3. The number of hydrogen-bond acceptors (Lipinski definition) is 4. The maximum Gasteiger partial charge on any atom is 0.264 e. The molecule has 0 aliphatic carbocycles. The summed E-state index contributed by atoms with van der Waals surface area (Å²) in [7, 11) is -8.00. The van der Waals surface area contributed by atoms with Crippen LogP contribution in [0, 0.1) is 17.5 Å². The number of nitrogens with zero attached hydrogens (tertiary/aromatic N) is 1. The van der Waals surface area contributed by atoms with E-state index in [0.717, 1.165) is 28.6 Å². The Morgan fingerprint density at radius 3 is 2.19 bits per heavy atom. The zero-order valence-corrected chi connectivity index (χ0v) is 22.5. The molecule has 0 aromatic heterocycles. The largest absolute Gasteiger partial charge is 0.264 e. The van der Waals surface area contributed by atoms with Crippen molar-refractivity contribution in [1.82, 2.24) is 4.72 Å². The van der Waals surface area contributed by atoms with Crippen molar-refractivity contribution in [2.24, 2.45) is 0 Å². The van der Waals surface area contributed by atoms with E-state index in [-0.39, 0.29) is 35.1 Å². The molecule has 0 heterocycles. The third kappa shape index (κ3) is 7.04. The smallest absolute Gasteiger partial charge is 0.256 e. The van der Waals surface area contributed by atoms with E-state index in [9.17, 15) is 30.0 Å². The molecule has 1 N–H and O–H groups in total. The zero-order chi connectivity index (χ0) is 27.4. The summed E-state index contributed by atoms with van der Waals surface area (Å²) < 4.78 is 98.0. The van der Waals surface area contributed by atoms with Crippen molar-refractivity contribution in [3.63, 3.8) is 0 Å². The molecule has 3 aromatic rings. The summed E-state index contributed by atoms with van der Waals surface area (Å²) in [5, 5.41) is 0.281. The van der Waals surface area contributed by atoms with Crippen molar-refractivity contribution in [3.8, 4) is 0 Å². The highest BCUT2D eigenvalue weighted by Crippen LogP contribution is 2.37. The highest BCUT2D eigenvalue weighted by atomic mass is 35.5. The van der Waals surface area contributed by atoms with Gasteiger partial charge in [0.2, 0.25) is 10.0 Å². The number of nitrogens with one attached hydrogen (secondary N) is 1. The molecule has 0 aliphatic rings. The van der Waals surface area contributed by atoms with E-state index in [1.807, 2.05) is 0 Å². The van der Waals surface area contributed by atoms with Gasteiger partial charge in [-0.05, 0) is 79.4 Å². The van der Waals surface area contributed by atoms with Crippen LogP contribution in [0.25, 0.3) is 0 Å². The summed E-state index contributed by atoms with van der Waals surface area (Å²) in [6, 6.07) is 10.2. The molecule has 12 heteroatoms. The minimum atomic E-state index is -4.47. The van der Waals surface area contributed by atoms with Crippen LogP contribution >= 0.6 is 11.6 Å². The van der Waals surface area contributed by atoms with Crippen LogP contribution in [0.2, 0.25) is 5.02 Å². The molecule has 200 valence electrons. The zero-order valence-electron chi connectivity index (χ0n) is 20.1. The normalized spacial score (nSPS) is 12.9. The first-order valence-corrected chi connectivity index (χ1v) is 14.8. The van der Waals surface area contributed by atoms with Crippen molar-refractivity contribution >= 4 is 37.3 Å². The average molecular weight is 575 g/mol. The van der Waals surface area contributed by atoms with Crippen LogP contribution in [0.1, 0.15) is 37.4 Å². The molecule has 0 amide bonds. The van der Waals surface area contributed by atoms with Crippen LogP contribution in [0.4, 0.5) is 18.9 Å². The quantitative estimate of drug-likeness (QED) is 0.324. The summed E-state index contributed by atoms with van der Waals surface area (Å²) in [5.74, 6) is -2.67. The monoisotopic (exact) mass is 574 g/mol. The molecule has 3 rings (SSSR count). The number of rotatable bonds is 11. The lowest BCUT2D eigenvalue weighted by molar-refractivity contribution is 0.569. The maximum atomic E-state index is 14.9. The summed E-state index contributed by atoms with van der Waals surface area (Å²) >= 11 is 5.90. The van der Waals surface area contributed by atoms with Gasteiger partial charge < -0.3 is 0 Å². The first-order chi connectivity index (χ1) is 17.4. The Bertz CT molecular complexity index is 1470. The summed E-state index contributed by atoms with van der Waals surface area (Å²) in [5.41, 5.74) is 0.114. The maximum absolute atomic E-state index is 14.9. The van der Waals surface area contributed by atoms with Gasteiger partial charge in [0, 0.05) is 17.6 Å². The second-order valence-electron chi connectivity index (χ2n) is 8.29. The molecular formula is C25H26ClF3N2O4S2. The Kier molecular flexibility index (Phi) is 9.27. The van der Waals surface area contributed by atoms with Crippen LogP contribution in [0.15, 0.2) is 65.6 Å². The van der Waals surface area contributed by atoms with Crippen molar-refractivity contribution in [2.45, 2.75) is 37.6 Å². The van der Waals surface area contributed by atoms with Crippen LogP contribution < -0.4 is 9.03 Å². The van der Waals surface area contributed by atoms with E-state index in [1.54, 1.807) is 6.92 Å². The van der Waals surface area contributed by atoms with Crippen LogP contribution in [-0.2, 0) is 26.5 Å². The van der Waals surface area contributed by atoms with Gasteiger partial charge in [-0.15, -0.1) is 0 Å². The summed E-state index contributed by atoms with van der Waals surface area (Å²) in [4.78, 5) is -0.215. The Balaban J connectivity index is 2.10. The predicted octanol–water partition coefficient (Wildman–Crippen LogP) is 5.59. The average Bonchev–Trinajstić information content (AvgIpc) is 2.81. The molecule has 0 saturated carbocycles. The molecule has 0 bridgehead atoms. The molecular weight excluding hydrogens is 549 g/mol. The second kappa shape index (κ2) is 11.8. The number of anilines is 1. The lowest BCUT2D eigenvalue weighted by Gasteiger charge is -2.32. The molecule has 1 atom stereocenters. The molecule has 6 nitrogen and oxygen atoms in total. The van der Waals surface area contributed by atoms with Gasteiger partial charge in [0.05, 0.1) is 22.4 Å². The van der Waals surface area contributed by atoms with E-state index in [2.05, 4.69) is 4.72 Å². The molecule has 0 spiro atoms. The van der Waals surface area contributed by atoms with Crippen molar-refractivity contribution in [2.75, 3.05) is 16.6 Å². The molecule has 0 aliphatic heterocycles. The van der Waals surface area contributed by atoms with Crippen LogP contribution in [0.3, 0.4) is 0 Å². The first-order valence-electron chi connectivity index (χ1n) is 11.4. The van der Waals surface area contributed by atoms with E-state index in [1.165, 1.54) is 43.3 Å². The molecule has 0 saturated heterocycles. The molecule has 37 heavy (non-hydrogen) atoms. The Morgan fingerprint density at radius 1 is 0.919 bits per heavy atom. The lowest BCUT2D eigenvalue weighted by Crippen LogP contribution is -2.35. The van der Waals surface area contributed by atoms with E-state index in [4.69, 9.17) is 11.6 Å². The van der Waals surface area contributed by atoms with Gasteiger partial charge in [-0.25, -0.2) is 34.7 Å². The number of halogens is 4. The van der Waals surface area contributed by atoms with E-state index >= 15 is 0 Å². The third-order valence-corrected chi connectivity index (χ3v) is 9.35. The van der Waals surface area contributed by atoms with Gasteiger partial charge in [-0.3, -0.25) is 4.31 Å². The van der Waals surface area contributed by atoms with Crippen LogP contribution in [-0.4, -0.2) is 29.1 Å². The SMILES string of the molecule is CCNS(=O)(=O)CCCc1cc(F)ccc1C(C)N(c1cc(F)ccc1F)S(=O)(=O)c1ccc(Cl)cc1. The number of hydrogen-bond donors (Lipinski definition) is 1. The van der Waals surface area contributed by atoms with Gasteiger partial charge >= 0.3 is 0 Å². The van der Waals surface area contributed by atoms with Crippen molar-refractivity contribution < 1.29 is 30.0 Å². The van der Waals surface area contributed by atoms with Gasteiger partial charge in [-0.2, -0.15) is 0 Å². The number of sulfonamides is 2. The summed E-state index contributed by atoms with van der Waals surface area (Å²) in [6.45, 7) is 3.33. The highest BCUT2D eigenvalue weighted by molar-refractivity contribution is 7.92. The van der Waals surface area contributed by atoms with E-state index < -0.39 is 49.2 Å². The van der Waals surface area contributed by atoms with Gasteiger partial charge in [0.25, 0.3) is 10.0 Å². The Morgan fingerprint density at radius 2 is 1.54 bits per heavy atom. The predicted molar refractivity (Wildman–Crippen MR) is 138 cm³/mol. The van der Waals surface area contributed by atoms with Crippen LogP contribution in [0.5, 0.6) is 0 Å². The van der Waals surface area contributed by atoms with Gasteiger partial charge in [0.1, 0.15) is 17.5 Å². The van der Waals surface area contributed by atoms with Crippen molar-refractivity contribution in [3.05, 3.63) is 94.3 Å². The topological polar surface area (TPSA) is 83.6 Å². The lowest BCUT2D eigenvalue weighted by atomic mass is 9.97. The third-order valence-electron chi connectivity index (χ3n) is 5.65. The molecule has 0 radical (unpaired) electrons. The molecule has 0 fully saturated rings. The fourth-order valence-corrected chi connectivity index (χ4v) is 6.86. The summed E-state index contributed by atoms with van der Waals surface area (Å²) in [6.07, 6.45) is 0.222. The fraction of sp³-hybridized carbons (Fsp3) is 0.280. The Hall–Kier alpha value is -2.60. The fourth-order valence-electron chi connectivity index (χ4n) is 3.99. The minimum Gasteiger partial charge on any atom is -0.256 e. The second-order valence-corrected chi connectivity index (χ2v) is 12.5. The standard InChI is InChI=1S/C25H26ClF3N2O4S2/c1-3-30-36(32,33)14-4-5-18-15-20(27)8-12-23(18)17(2)31(25-16-21(28)9-13-24(25)29)37(34,35)22-10-6-19(26)7-11-22/h6-13,15-17,30H,3-5,14H2,1-2H3. The highest BCUT2D eigenvalue weighted by Gasteiger charge is 2.33. The Labute approximate surface area is 220 Å². The molecule has 3 aromatic carbocycles. The van der Waals surface area contributed by atoms with E-state index in [0.29, 0.717) is 11.1 Å². The van der Waals surface area contributed by atoms with Crippen molar-refractivity contribution in [1.29, 1.82) is 0 Å². The molecule has 1 unspecified atom stereocenters. The first kappa shape index (κ1) is 29.0. The minimum absolute atomic E-state index is 0.0997. The number of aryl methyl sites for hydroxylation is 1. The van der Waals surface area contributed by atoms with Gasteiger partial charge in [0.15, 0.2) is 0 Å². The van der Waals surface area contributed by atoms with Gasteiger partial charge in [-0.1, -0.05) is 24.6 Å².